The van der Waals surface area contributed by atoms with E-state index in [4.69, 9.17) is 16.3 Å². The molecule has 1 aliphatic heterocycles. The highest BCUT2D eigenvalue weighted by molar-refractivity contribution is 6.33. The molecule has 0 aromatic carbocycles. The molecule has 0 atom stereocenters. The third kappa shape index (κ3) is 2.45. The molecule has 20 heavy (non-hydrogen) atoms. The molecular weight excluding hydrogens is 294 g/mol. The van der Waals surface area contributed by atoms with E-state index < -0.39 is 41.1 Å². The molecule has 0 bridgehead atoms. The fraction of sp³-hybridized carbons (Fsp3) is 0.417. The highest BCUT2D eigenvalue weighted by atomic mass is 35.5. The molecule has 0 saturated heterocycles. The molecule has 0 N–H and O–H groups in total. The van der Waals surface area contributed by atoms with Gasteiger partial charge in [-0.15, -0.1) is 0 Å². The van der Waals surface area contributed by atoms with E-state index in [9.17, 15) is 18.4 Å². The Morgan fingerprint density at radius 2 is 2.00 bits per heavy atom. The highest BCUT2D eigenvalue weighted by Gasteiger charge is 2.40. The average molecular weight is 305 g/mol. The normalized spacial score (nSPS) is 14.5. The largest absolute Gasteiger partial charge is 0.443 e. The summed E-state index contributed by atoms with van der Waals surface area (Å²) in [5.74, 6) is -3.55. The molecule has 0 unspecified atom stereocenters. The van der Waals surface area contributed by atoms with Crippen LogP contribution >= 0.6 is 11.6 Å². The number of carbonyl (C=O) groups excluding carboxylic acids is 2. The van der Waals surface area contributed by atoms with Crippen LogP contribution in [0.15, 0.2) is 0 Å². The number of aromatic nitrogens is 1. The molecule has 1 aliphatic rings. The Labute approximate surface area is 118 Å². The molecule has 0 radical (unpaired) electrons. The van der Waals surface area contributed by atoms with Crippen LogP contribution in [0.25, 0.3) is 0 Å². The Kier molecular flexibility index (Phi) is 3.41. The number of carbonyl (C=O) groups is 2. The van der Waals surface area contributed by atoms with Crippen molar-refractivity contribution >= 4 is 23.6 Å². The predicted octanol–water partition coefficient (Wildman–Crippen LogP) is 2.90. The van der Waals surface area contributed by atoms with Gasteiger partial charge in [0.15, 0.2) is 5.82 Å². The summed E-state index contributed by atoms with van der Waals surface area (Å²) in [5.41, 5.74) is -1.42. The summed E-state index contributed by atoms with van der Waals surface area (Å²) in [5, 5.41) is -0.477. The standard InChI is InChI=1S/C12H11ClF2N2O3/c1-12(2,3)20-11(19)17-4-5-6(10(17)18)8(13)16-9(15)7(5)14/h4H2,1-3H3. The lowest BCUT2D eigenvalue weighted by atomic mass is 10.2. The van der Waals surface area contributed by atoms with Crippen molar-refractivity contribution in [2.24, 2.45) is 0 Å². The second-order valence-corrected chi connectivity index (χ2v) is 5.59. The summed E-state index contributed by atoms with van der Waals surface area (Å²) in [7, 11) is 0. The summed E-state index contributed by atoms with van der Waals surface area (Å²) in [6.45, 7) is 4.42. The first-order chi connectivity index (χ1) is 9.11. The number of rotatable bonds is 0. The molecule has 0 spiro atoms. The Balaban J connectivity index is 2.37. The first-order valence-corrected chi connectivity index (χ1v) is 6.08. The third-order valence-electron chi connectivity index (χ3n) is 2.54. The first kappa shape index (κ1) is 14.6. The Morgan fingerprint density at radius 1 is 1.40 bits per heavy atom. The number of ether oxygens (including phenoxy) is 1. The van der Waals surface area contributed by atoms with E-state index in [-0.39, 0.29) is 11.1 Å². The molecule has 1 aromatic rings. The van der Waals surface area contributed by atoms with E-state index in [0.717, 1.165) is 0 Å². The molecule has 2 heterocycles. The number of imide groups is 1. The van der Waals surface area contributed by atoms with E-state index in [2.05, 4.69) is 4.98 Å². The minimum absolute atomic E-state index is 0.293. The number of hydrogen-bond donors (Lipinski definition) is 0. The number of amides is 2. The van der Waals surface area contributed by atoms with Gasteiger partial charge in [0.25, 0.3) is 11.9 Å². The summed E-state index contributed by atoms with van der Waals surface area (Å²) >= 11 is 5.63. The summed E-state index contributed by atoms with van der Waals surface area (Å²) < 4.78 is 31.8. The fourth-order valence-electron chi connectivity index (χ4n) is 1.75. The van der Waals surface area contributed by atoms with E-state index in [1.807, 2.05) is 0 Å². The Morgan fingerprint density at radius 3 is 2.55 bits per heavy atom. The number of hydrogen-bond acceptors (Lipinski definition) is 4. The van der Waals surface area contributed by atoms with Crippen molar-refractivity contribution in [2.75, 3.05) is 0 Å². The Bertz CT molecular complexity index is 614. The third-order valence-corrected chi connectivity index (χ3v) is 2.81. The summed E-state index contributed by atoms with van der Waals surface area (Å²) in [4.78, 5) is 27.6. The molecule has 108 valence electrons. The van der Waals surface area contributed by atoms with Crippen molar-refractivity contribution in [2.45, 2.75) is 32.9 Å². The SMILES string of the molecule is CC(C)(C)OC(=O)N1Cc2c(F)c(F)nc(Cl)c2C1=O. The van der Waals surface area contributed by atoms with Crippen molar-refractivity contribution in [1.82, 2.24) is 9.88 Å². The predicted molar refractivity (Wildman–Crippen MR) is 65.3 cm³/mol. The maximum absolute atomic E-state index is 13.6. The van der Waals surface area contributed by atoms with Gasteiger partial charge < -0.3 is 4.74 Å². The molecular formula is C12H11ClF2N2O3. The van der Waals surface area contributed by atoms with Gasteiger partial charge in [0, 0.05) is 5.56 Å². The van der Waals surface area contributed by atoms with E-state index in [1.165, 1.54) is 0 Å². The van der Waals surface area contributed by atoms with Gasteiger partial charge in [-0.3, -0.25) is 4.79 Å². The van der Waals surface area contributed by atoms with Crippen LogP contribution in [0.2, 0.25) is 5.15 Å². The molecule has 2 amide bonds. The van der Waals surface area contributed by atoms with Gasteiger partial charge in [-0.25, -0.2) is 19.1 Å². The van der Waals surface area contributed by atoms with E-state index in [1.54, 1.807) is 20.8 Å². The van der Waals surface area contributed by atoms with Crippen molar-refractivity contribution in [3.63, 3.8) is 0 Å². The second kappa shape index (κ2) is 4.66. The quantitative estimate of drug-likeness (QED) is 0.692. The van der Waals surface area contributed by atoms with Crippen molar-refractivity contribution in [1.29, 1.82) is 0 Å². The zero-order chi connectivity index (χ0) is 15.2. The molecule has 2 rings (SSSR count). The summed E-state index contributed by atoms with van der Waals surface area (Å²) in [6, 6.07) is 0. The fourth-order valence-corrected chi connectivity index (χ4v) is 2.01. The minimum Gasteiger partial charge on any atom is -0.443 e. The van der Waals surface area contributed by atoms with Crippen LogP contribution in [0.5, 0.6) is 0 Å². The monoisotopic (exact) mass is 304 g/mol. The van der Waals surface area contributed by atoms with Crippen molar-refractivity contribution in [3.05, 3.63) is 28.0 Å². The zero-order valence-electron chi connectivity index (χ0n) is 11.0. The van der Waals surface area contributed by atoms with E-state index in [0.29, 0.717) is 4.90 Å². The van der Waals surface area contributed by atoms with E-state index >= 15 is 0 Å². The maximum atomic E-state index is 13.6. The van der Waals surface area contributed by atoms with Crippen LogP contribution in [0.1, 0.15) is 36.7 Å². The maximum Gasteiger partial charge on any atom is 0.417 e. The number of fused-ring (bicyclic) bond motifs is 1. The highest BCUT2D eigenvalue weighted by Crippen LogP contribution is 2.31. The number of nitrogens with zero attached hydrogens (tertiary/aromatic N) is 2. The van der Waals surface area contributed by atoms with Gasteiger partial charge in [0.05, 0.1) is 12.1 Å². The number of halogens is 3. The van der Waals surface area contributed by atoms with Crippen LogP contribution in [-0.4, -0.2) is 27.5 Å². The molecule has 0 saturated carbocycles. The second-order valence-electron chi connectivity index (χ2n) is 5.23. The van der Waals surface area contributed by atoms with Crippen LogP contribution in [0, 0.1) is 11.8 Å². The Hall–Kier alpha value is -1.76. The first-order valence-electron chi connectivity index (χ1n) is 5.70. The average Bonchev–Trinajstić information content (AvgIpc) is 2.62. The minimum atomic E-state index is -1.41. The van der Waals surface area contributed by atoms with Crippen LogP contribution in [-0.2, 0) is 11.3 Å². The summed E-state index contributed by atoms with van der Waals surface area (Å²) in [6.07, 6.45) is -0.949. The van der Waals surface area contributed by atoms with Gasteiger partial charge in [-0.05, 0) is 20.8 Å². The lowest BCUT2D eigenvalue weighted by Gasteiger charge is -2.23. The van der Waals surface area contributed by atoms with Crippen LogP contribution in [0.3, 0.4) is 0 Å². The smallest absolute Gasteiger partial charge is 0.417 e. The lowest BCUT2D eigenvalue weighted by molar-refractivity contribution is 0.0247. The molecule has 0 aliphatic carbocycles. The van der Waals surface area contributed by atoms with Crippen molar-refractivity contribution in [3.8, 4) is 0 Å². The lowest BCUT2D eigenvalue weighted by Crippen LogP contribution is -2.37. The molecule has 1 aromatic heterocycles. The van der Waals surface area contributed by atoms with Gasteiger partial charge in [-0.1, -0.05) is 11.6 Å². The van der Waals surface area contributed by atoms with Crippen LogP contribution in [0.4, 0.5) is 13.6 Å². The molecule has 8 heteroatoms. The molecule has 5 nitrogen and oxygen atoms in total. The van der Waals surface area contributed by atoms with Gasteiger partial charge in [-0.2, -0.15) is 4.39 Å². The van der Waals surface area contributed by atoms with Crippen molar-refractivity contribution < 1.29 is 23.1 Å². The van der Waals surface area contributed by atoms with Gasteiger partial charge >= 0.3 is 6.09 Å². The number of pyridine rings is 1. The topological polar surface area (TPSA) is 59.5 Å². The van der Waals surface area contributed by atoms with Crippen LogP contribution < -0.4 is 0 Å². The zero-order valence-corrected chi connectivity index (χ0v) is 11.7. The van der Waals surface area contributed by atoms with Gasteiger partial charge in [0.2, 0.25) is 0 Å². The molecule has 0 fully saturated rings. The van der Waals surface area contributed by atoms with Gasteiger partial charge in [0.1, 0.15) is 10.8 Å².